The maximum atomic E-state index is 10.7. The number of hydrogen-bond donors (Lipinski definition) is 3. The number of fused-ring (bicyclic) bond motifs is 1. The monoisotopic (exact) mass is 190 g/mol. The van der Waals surface area contributed by atoms with Crippen molar-refractivity contribution in [3.05, 3.63) is 36.0 Å². The molecule has 14 heavy (non-hydrogen) atoms. The fourth-order valence-electron chi connectivity index (χ4n) is 1.48. The summed E-state index contributed by atoms with van der Waals surface area (Å²) in [6.07, 6.45) is 1.64. The number of aliphatic carboxylic acids is 1. The van der Waals surface area contributed by atoms with Crippen LogP contribution in [0.1, 0.15) is 11.6 Å². The second-order valence-corrected chi connectivity index (χ2v) is 3.11. The van der Waals surface area contributed by atoms with Crippen LogP contribution in [-0.4, -0.2) is 16.1 Å². The lowest BCUT2D eigenvalue weighted by atomic mass is 10.1. The predicted octanol–water partition coefficient (Wildman–Crippen LogP) is 1.25. The van der Waals surface area contributed by atoms with Crippen molar-refractivity contribution in [2.45, 2.75) is 6.04 Å². The minimum Gasteiger partial charge on any atom is -0.480 e. The Balaban J connectivity index is 2.58. The standard InChI is InChI=1S/C10H10N2O2/c11-9(10(13)14)7-5-12-8-4-2-1-3-6(7)8/h1-5,9,12H,11H2,(H,13,14)/t9-/m1/s1. The summed E-state index contributed by atoms with van der Waals surface area (Å²) in [5, 5.41) is 9.64. The van der Waals surface area contributed by atoms with E-state index < -0.39 is 12.0 Å². The van der Waals surface area contributed by atoms with Crippen LogP contribution in [0, 0.1) is 0 Å². The number of nitrogens with two attached hydrogens (primary N) is 1. The summed E-state index contributed by atoms with van der Waals surface area (Å²) in [4.78, 5) is 13.7. The van der Waals surface area contributed by atoms with Crippen molar-refractivity contribution in [3.8, 4) is 0 Å². The number of carboxylic acid groups (broad SMARTS) is 1. The summed E-state index contributed by atoms with van der Waals surface area (Å²) < 4.78 is 0. The lowest BCUT2D eigenvalue weighted by molar-refractivity contribution is -0.138. The van der Waals surface area contributed by atoms with Gasteiger partial charge in [-0.3, -0.25) is 4.79 Å². The first-order valence-electron chi connectivity index (χ1n) is 4.24. The maximum Gasteiger partial charge on any atom is 0.325 e. The summed E-state index contributed by atoms with van der Waals surface area (Å²) in [7, 11) is 0. The van der Waals surface area contributed by atoms with E-state index in [1.165, 1.54) is 0 Å². The minimum absolute atomic E-state index is 0.619. The summed E-state index contributed by atoms with van der Waals surface area (Å²) >= 11 is 0. The quantitative estimate of drug-likeness (QED) is 0.666. The molecular weight excluding hydrogens is 180 g/mol. The van der Waals surface area contributed by atoms with Crippen LogP contribution in [0.5, 0.6) is 0 Å². The zero-order valence-electron chi connectivity index (χ0n) is 7.40. The molecule has 0 saturated heterocycles. The molecule has 0 spiro atoms. The van der Waals surface area contributed by atoms with Gasteiger partial charge in [0.05, 0.1) is 0 Å². The number of H-pyrrole nitrogens is 1. The average Bonchev–Trinajstić information content (AvgIpc) is 2.60. The first-order valence-corrected chi connectivity index (χ1v) is 4.24. The summed E-state index contributed by atoms with van der Waals surface area (Å²) in [5.41, 5.74) is 7.05. The topological polar surface area (TPSA) is 79.1 Å². The Morgan fingerprint density at radius 2 is 2.14 bits per heavy atom. The molecule has 0 fully saturated rings. The lowest BCUT2D eigenvalue weighted by Crippen LogP contribution is -2.20. The van der Waals surface area contributed by atoms with Crippen LogP contribution in [0.3, 0.4) is 0 Å². The van der Waals surface area contributed by atoms with Gasteiger partial charge in [-0.15, -0.1) is 0 Å². The SMILES string of the molecule is N[C@@H](C(=O)O)c1c[nH]c2ccccc12. The van der Waals surface area contributed by atoms with Gasteiger partial charge in [0.15, 0.2) is 0 Å². The van der Waals surface area contributed by atoms with E-state index in [0.29, 0.717) is 5.56 Å². The third-order valence-corrected chi connectivity index (χ3v) is 2.22. The minimum atomic E-state index is -1.02. The molecule has 0 aliphatic rings. The molecule has 2 rings (SSSR count). The largest absolute Gasteiger partial charge is 0.480 e. The van der Waals surface area contributed by atoms with E-state index in [9.17, 15) is 4.79 Å². The Labute approximate surface area is 80.3 Å². The molecule has 0 amide bonds. The van der Waals surface area contributed by atoms with Gasteiger partial charge in [-0.2, -0.15) is 0 Å². The van der Waals surface area contributed by atoms with Crippen LogP contribution in [0.4, 0.5) is 0 Å². The number of para-hydroxylation sites is 1. The number of carbonyl (C=O) groups is 1. The number of hydrogen-bond acceptors (Lipinski definition) is 2. The number of benzene rings is 1. The van der Waals surface area contributed by atoms with Crippen LogP contribution in [0.25, 0.3) is 10.9 Å². The summed E-state index contributed by atoms with van der Waals surface area (Å²) in [6.45, 7) is 0. The number of nitrogens with one attached hydrogen (secondary N) is 1. The average molecular weight is 190 g/mol. The highest BCUT2D eigenvalue weighted by Crippen LogP contribution is 2.22. The third-order valence-electron chi connectivity index (χ3n) is 2.22. The zero-order chi connectivity index (χ0) is 10.1. The highest BCUT2D eigenvalue weighted by atomic mass is 16.4. The highest BCUT2D eigenvalue weighted by Gasteiger charge is 2.17. The molecule has 0 radical (unpaired) electrons. The third kappa shape index (κ3) is 1.25. The van der Waals surface area contributed by atoms with E-state index in [-0.39, 0.29) is 0 Å². The number of aromatic nitrogens is 1. The van der Waals surface area contributed by atoms with Crippen LogP contribution >= 0.6 is 0 Å². The van der Waals surface area contributed by atoms with Gasteiger partial charge < -0.3 is 15.8 Å². The van der Waals surface area contributed by atoms with Crippen LogP contribution in [0.15, 0.2) is 30.5 Å². The molecule has 1 aromatic carbocycles. The van der Waals surface area contributed by atoms with E-state index in [1.54, 1.807) is 6.20 Å². The Hall–Kier alpha value is -1.81. The maximum absolute atomic E-state index is 10.7. The molecule has 2 aromatic rings. The van der Waals surface area contributed by atoms with Crippen molar-refractivity contribution in [2.75, 3.05) is 0 Å². The molecule has 0 aliphatic heterocycles. The van der Waals surface area contributed by atoms with Crippen molar-refractivity contribution in [2.24, 2.45) is 5.73 Å². The van der Waals surface area contributed by atoms with E-state index in [0.717, 1.165) is 10.9 Å². The van der Waals surface area contributed by atoms with E-state index >= 15 is 0 Å². The van der Waals surface area contributed by atoms with Gasteiger partial charge in [0, 0.05) is 22.7 Å². The fourth-order valence-corrected chi connectivity index (χ4v) is 1.48. The van der Waals surface area contributed by atoms with Crippen molar-refractivity contribution >= 4 is 16.9 Å². The lowest BCUT2D eigenvalue weighted by Gasteiger charge is -2.03. The summed E-state index contributed by atoms with van der Waals surface area (Å²) in [5.74, 6) is -1.02. The van der Waals surface area contributed by atoms with Crippen LogP contribution < -0.4 is 5.73 Å². The molecule has 4 nitrogen and oxygen atoms in total. The normalized spacial score (nSPS) is 12.9. The Bertz CT molecular complexity index is 476. The van der Waals surface area contributed by atoms with E-state index in [4.69, 9.17) is 10.8 Å². The first kappa shape index (κ1) is 8.77. The van der Waals surface area contributed by atoms with Gasteiger partial charge in [0.1, 0.15) is 6.04 Å². The van der Waals surface area contributed by atoms with Crippen LogP contribution in [0.2, 0.25) is 0 Å². The second-order valence-electron chi connectivity index (χ2n) is 3.11. The Morgan fingerprint density at radius 3 is 2.86 bits per heavy atom. The molecular formula is C10H10N2O2. The van der Waals surface area contributed by atoms with Crippen molar-refractivity contribution in [1.29, 1.82) is 0 Å². The Kier molecular flexibility index (Phi) is 1.98. The Morgan fingerprint density at radius 1 is 1.43 bits per heavy atom. The molecule has 1 aromatic heterocycles. The van der Waals surface area contributed by atoms with Gasteiger partial charge in [0.25, 0.3) is 0 Å². The van der Waals surface area contributed by atoms with E-state index in [2.05, 4.69) is 4.98 Å². The number of rotatable bonds is 2. The van der Waals surface area contributed by atoms with Gasteiger partial charge in [-0.1, -0.05) is 18.2 Å². The molecule has 1 atom stereocenters. The van der Waals surface area contributed by atoms with Gasteiger partial charge in [0.2, 0.25) is 0 Å². The molecule has 0 bridgehead atoms. The van der Waals surface area contributed by atoms with Gasteiger partial charge >= 0.3 is 5.97 Å². The molecule has 0 aliphatic carbocycles. The predicted molar refractivity (Wildman–Crippen MR) is 52.9 cm³/mol. The van der Waals surface area contributed by atoms with Crippen molar-refractivity contribution in [1.82, 2.24) is 4.98 Å². The smallest absolute Gasteiger partial charge is 0.325 e. The molecule has 0 unspecified atom stereocenters. The molecule has 4 heteroatoms. The number of aromatic amines is 1. The number of carboxylic acids is 1. The highest BCUT2D eigenvalue weighted by molar-refractivity contribution is 5.88. The van der Waals surface area contributed by atoms with Gasteiger partial charge in [-0.05, 0) is 6.07 Å². The second kappa shape index (κ2) is 3.16. The van der Waals surface area contributed by atoms with E-state index in [1.807, 2.05) is 24.3 Å². The molecule has 72 valence electrons. The van der Waals surface area contributed by atoms with Gasteiger partial charge in [-0.25, -0.2) is 0 Å². The fraction of sp³-hybridized carbons (Fsp3) is 0.100. The molecule has 0 saturated carbocycles. The van der Waals surface area contributed by atoms with Crippen molar-refractivity contribution < 1.29 is 9.90 Å². The zero-order valence-corrected chi connectivity index (χ0v) is 7.40. The molecule has 4 N–H and O–H groups in total. The molecule has 1 heterocycles. The first-order chi connectivity index (χ1) is 6.70. The van der Waals surface area contributed by atoms with Crippen molar-refractivity contribution in [3.63, 3.8) is 0 Å². The van der Waals surface area contributed by atoms with Crippen LogP contribution in [-0.2, 0) is 4.79 Å². The summed E-state index contributed by atoms with van der Waals surface area (Å²) in [6, 6.07) is 6.51.